The van der Waals surface area contributed by atoms with Gasteiger partial charge in [-0.25, -0.2) is 4.98 Å². The van der Waals surface area contributed by atoms with E-state index in [1.165, 1.54) is 4.88 Å². The monoisotopic (exact) mass is 452 g/mol. The van der Waals surface area contributed by atoms with Crippen molar-refractivity contribution in [2.75, 3.05) is 33.4 Å². The first kappa shape index (κ1) is 18.9. The number of guanidine groups is 1. The van der Waals surface area contributed by atoms with Crippen molar-refractivity contribution in [3.05, 3.63) is 16.1 Å². The first-order valence-corrected chi connectivity index (χ1v) is 8.73. The molecule has 3 rings (SSSR count). The summed E-state index contributed by atoms with van der Waals surface area (Å²) >= 11 is 1.68. The average molecular weight is 452 g/mol. The number of rotatable bonds is 3. The van der Waals surface area contributed by atoms with Gasteiger partial charge in [0.2, 0.25) is 0 Å². The predicted octanol–water partition coefficient (Wildman–Crippen LogP) is 2.02. The lowest BCUT2D eigenvalue weighted by Gasteiger charge is -2.37. The number of aryl methyl sites for hydroxylation is 1. The largest absolute Gasteiger partial charge is 0.375 e. The van der Waals surface area contributed by atoms with Gasteiger partial charge in [-0.05, 0) is 19.8 Å². The van der Waals surface area contributed by atoms with Crippen molar-refractivity contribution in [1.82, 2.24) is 15.2 Å². The lowest BCUT2D eigenvalue weighted by atomic mass is 10.1. The van der Waals surface area contributed by atoms with E-state index in [0.717, 1.165) is 57.3 Å². The summed E-state index contributed by atoms with van der Waals surface area (Å²) in [5.74, 6) is 0.930. The topological polar surface area (TPSA) is 59.0 Å². The van der Waals surface area contributed by atoms with Gasteiger partial charge in [0.15, 0.2) is 5.96 Å². The molecule has 2 fully saturated rings. The molecule has 23 heavy (non-hydrogen) atoms. The molecule has 2 saturated heterocycles. The Labute approximate surface area is 158 Å². The fourth-order valence-corrected chi connectivity index (χ4v) is 3.69. The molecule has 2 atom stereocenters. The Morgan fingerprint density at radius 1 is 1.43 bits per heavy atom. The van der Waals surface area contributed by atoms with Gasteiger partial charge in [0.1, 0.15) is 6.10 Å². The third-order valence-corrected chi connectivity index (χ3v) is 5.17. The number of hydrogen-bond acceptors (Lipinski definition) is 5. The lowest BCUT2D eigenvalue weighted by Crippen LogP contribution is -2.53. The summed E-state index contributed by atoms with van der Waals surface area (Å²) in [4.78, 5) is 12.2. The van der Waals surface area contributed by atoms with Crippen LogP contribution in [-0.4, -0.2) is 61.4 Å². The highest BCUT2D eigenvalue weighted by Crippen LogP contribution is 2.21. The van der Waals surface area contributed by atoms with E-state index in [9.17, 15) is 0 Å². The number of hydrogen-bond donors (Lipinski definition) is 1. The van der Waals surface area contributed by atoms with E-state index >= 15 is 0 Å². The van der Waals surface area contributed by atoms with Gasteiger partial charge < -0.3 is 19.7 Å². The summed E-state index contributed by atoms with van der Waals surface area (Å²) in [5.41, 5.74) is 2.98. The Kier molecular flexibility index (Phi) is 7.51. The highest BCUT2D eigenvalue weighted by Gasteiger charge is 2.32. The molecule has 8 heteroatoms. The number of nitrogens with one attached hydrogen (secondary N) is 1. The first-order valence-electron chi connectivity index (χ1n) is 7.85. The molecule has 2 aliphatic heterocycles. The fraction of sp³-hybridized carbons (Fsp3) is 0.733. The zero-order valence-corrected chi connectivity index (χ0v) is 16.8. The number of morpholine rings is 1. The molecule has 0 spiro atoms. The van der Waals surface area contributed by atoms with Crippen LogP contribution in [-0.2, 0) is 16.0 Å². The molecule has 0 amide bonds. The number of thiazole rings is 1. The molecular weight excluding hydrogens is 427 g/mol. The molecule has 0 aromatic carbocycles. The molecule has 3 heterocycles. The van der Waals surface area contributed by atoms with Gasteiger partial charge in [0, 0.05) is 31.6 Å². The second-order valence-corrected chi connectivity index (χ2v) is 6.61. The Hall–Kier alpha value is -0.450. The molecule has 2 aliphatic rings. The van der Waals surface area contributed by atoms with E-state index in [4.69, 9.17) is 9.47 Å². The van der Waals surface area contributed by atoms with E-state index in [1.54, 1.807) is 11.3 Å². The third-order valence-electron chi connectivity index (χ3n) is 4.24. The van der Waals surface area contributed by atoms with E-state index in [0.29, 0.717) is 0 Å². The normalized spacial score (nSPS) is 25.3. The van der Waals surface area contributed by atoms with Gasteiger partial charge in [-0.3, -0.25) is 4.99 Å². The quantitative estimate of drug-likeness (QED) is 0.432. The number of aromatic nitrogens is 1. The van der Waals surface area contributed by atoms with Crippen LogP contribution in [0.5, 0.6) is 0 Å². The molecular formula is C15H25IN4O2S. The summed E-state index contributed by atoms with van der Waals surface area (Å²) in [5, 5.41) is 3.44. The Bertz CT molecular complexity index is 519. The molecule has 0 aliphatic carbocycles. The van der Waals surface area contributed by atoms with Crippen molar-refractivity contribution in [3.63, 3.8) is 0 Å². The molecule has 0 bridgehead atoms. The third kappa shape index (κ3) is 4.77. The maximum absolute atomic E-state index is 5.90. The zero-order chi connectivity index (χ0) is 15.4. The van der Waals surface area contributed by atoms with Crippen LogP contribution in [0.25, 0.3) is 0 Å². The molecule has 0 saturated carbocycles. The van der Waals surface area contributed by atoms with Gasteiger partial charge in [0.25, 0.3) is 0 Å². The maximum Gasteiger partial charge on any atom is 0.194 e. The van der Waals surface area contributed by atoms with Crippen molar-refractivity contribution in [3.8, 4) is 0 Å². The highest BCUT2D eigenvalue weighted by atomic mass is 127. The lowest BCUT2D eigenvalue weighted by molar-refractivity contribution is -0.0817. The van der Waals surface area contributed by atoms with Crippen molar-refractivity contribution in [1.29, 1.82) is 0 Å². The summed E-state index contributed by atoms with van der Waals surface area (Å²) in [6, 6.07) is 0. The molecule has 6 nitrogen and oxygen atoms in total. The van der Waals surface area contributed by atoms with Crippen LogP contribution < -0.4 is 5.32 Å². The molecule has 130 valence electrons. The van der Waals surface area contributed by atoms with Gasteiger partial charge in [-0.1, -0.05) is 0 Å². The second-order valence-electron chi connectivity index (χ2n) is 5.67. The highest BCUT2D eigenvalue weighted by molar-refractivity contribution is 14.0. The van der Waals surface area contributed by atoms with Crippen LogP contribution in [0.2, 0.25) is 0 Å². The minimum atomic E-state index is 0. The van der Waals surface area contributed by atoms with Crippen molar-refractivity contribution >= 4 is 41.3 Å². The molecule has 2 unspecified atom stereocenters. The summed E-state index contributed by atoms with van der Waals surface area (Å²) < 4.78 is 11.7. The minimum Gasteiger partial charge on any atom is -0.375 e. The van der Waals surface area contributed by atoms with Gasteiger partial charge >= 0.3 is 0 Å². The van der Waals surface area contributed by atoms with Crippen LogP contribution >= 0.6 is 35.3 Å². The SMILES string of the molecule is CN=C(NCc1scnc1C)N1CCOC(C2CCCO2)C1.I. The average Bonchev–Trinajstić information content (AvgIpc) is 3.20. The van der Waals surface area contributed by atoms with Gasteiger partial charge in [-0.15, -0.1) is 35.3 Å². The van der Waals surface area contributed by atoms with Crippen molar-refractivity contribution in [2.24, 2.45) is 4.99 Å². The molecule has 0 radical (unpaired) electrons. The second kappa shape index (κ2) is 9.14. The van der Waals surface area contributed by atoms with E-state index in [-0.39, 0.29) is 36.2 Å². The standard InChI is InChI=1S/C15H24N4O2S.HI/c1-11-14(22-10-18-11)8-17-15(16-2)19-5-7-21-13(9-19)12-4-3-6-20-12;/h10,12-13H,3-9H2,1-2H3,(H,16,17);1H. The maximum atomic E-state index is 5.90. The number of ether oxygens (including phenoxy) is 2. The minimum absolute atomic E-state index is 0. The van der Waals surface area contributed by atoms with Gasteiger partial charge in [0.05, 0.1) is 30.5 Å². The van der Waals surface area contributed by atoms with Gasteiger partial charge in [-0.2, -0.15) is 0 Å². The van der Waals surface area contributed by atoms with Crippen LogP contribution in [0.15, 0.2) is 10.5 Å². The van der Waals surface area contributed by atoms with Crippen LogP contribution in [0.3, 0.4) is 0 Å². The van der Waals surface area contributed by atoms with Crippen LogP contribution in [0, 0.1) is 6.92 Å². The van der Waals surface area contributed by atoms with Crippen LogP contribution in [0.4, 0.5) is 0 Å². The molecule has 1 aromatic rings. The number of halogens is 1. The summed E-state index contributed by atoms with van der Waals surface area (Å²) in [6.07, 6.45) is 2.64. The number of nitrogens with zero attached hydrogens (tertiary/aromatic N) is 3. The first-order chi connectivity index (χ1) is 10.8. The van der Waals surface area contributed by atoms with E-state index < -0.39 is 0 Å². The smallest absolute Gasteiger partial charge is 0.194 e. The Morgan fingerprint density at radius 2 is 2.26 bits per heavy atom. The van der Waals surface area contributed by atoms with E-state index in [2.05, 4.69) is 20.2 Å². The van der Waals surface area contributed by atoms with Crippen molar-refractivity contribution < 1.29 is 9.47 Å². The Balaban J connectivity index is 0.00000192. The van der Waals surface area contributed by atoms with E-state index in [1.807, 2.05) is 19.5 Å². The fourth-order valence-electron chi connectivity index (χ4n) is 2.98. The molecule has 1 aromatic heterocycles. The Morgan fingerprint density at radius 3 is 2.91 bits per heavy atom. The summed E-state index contributed by atoms with van der Waals surface area (Å²) in [6.45, 7) is 6.10. The van der Waals surface area contributed by atoms with Crippen molar-refractivity contribution in [2.45, 2.75) is 38.5 Å². The molecule has 1 N–H and O–H groups in total. The zero-order valence-electron chi connectivity index (χ0n) is 13.7. The predicted molar refractivity (Wildman–Crippen MR) is 103 cm³/mol. The number of aliphatic imine (C=N–C) groups is 1. The van der Waals surface area contributed by atoms with Crippen LogP contribution in [0.1, 0.15) is 23.4 Å². The summed E-state index contributed by atoms with van der Waals surface area (Å²) in [7, 11) is 1.83.